The summed E-state index contributed by atoms with van der Waals surface area (Å²) in [5.41, 5.74) is 3.87. The number of hydrogen-bond acceptors (Lipinski definition) is 3. The van der Waals surface area contributed by atoms with Gasteiger partial charge in [-0.2, -0.15) is 0 Å². The number of pyridine rings is 1. The molecule has 0 amide bonds. The van der Waals surface area contributed by atoms with Gasteiger partial charge in [-0.05, 0) is 53.0 Å². The van der Waals surface area contributed by atoms with Gasteiger partial charge in [-0.15, -0.1) is 0 Å². The molecule has 0 saturated carbocycles. The van der Waals surface area contributed by atoms with Gasteiger partial charge in [0.1, 0.15) is 6.54 Å². The topological polar surface area (TPSA) is 35.1 Å². The molecule has 5 nitrogen and oxygen atoms in total. The van der Waals surface area contributed by atoms with E-state index in [2.05, 4.69) is 47.2 Å². The number of halogens is 1. The molecule has 1 aliphatic heterocycles. The number of thiocarbonyl (C=S) groups is 1. The third-order valence-corrected chi connectivity index (χ3v) is 6.72. The molecule has 1 aromatic heterocycles. The first-order valence-corrected chi connectivity index (χ1v) is 13.2. The van der Waals surface area contributed by atoms with Crippen LogP contribution in [0.1, 0.15) is 5.56 Å². The highest BCUT2D eigenvalue weighted by Crippen LogP contribution is 2.31. The summed E-state index contributed by atoms with van der Waals surface area (Å²) >= 11 is 6.12. The summed E-state index contributed by atoms with van der Waals surface area (Å²) in [6.45, 7) is 0.694. The molecule has 0 bridgehead atoms. The average molecular weight is 605 g/mol. The van der Waals surface area contributed by atoms with Crippen molar-refractivity contribution in [3.05, 3.63) is 151 Å². The molecule has 0 unspecified atom stereocenters. The van der Waals surface area contributed by atoms with Crippen molar-refractivity contribution in [3.63, 3.8) is 0 Å². The fourth-order valence-electron chi connectivity index (χ4n) is 4.51. The molecule has 1 fully saturated rings. The van der Waals surface area contributed by atoms with Gasteiger partial charge in [0.2, 0.25) is 0 Å². The summed E-state index contributed by atoms with van der Waals surface area (Å²) in [6.07, 6.45) is 2.05. The van der Waals surface area contributed by atoms with Gasteiger partial charge in [0.05, 0.1) is 23.3 Å². The van der Waals surface area contributed by atoms with E-state index >= 15 is 0 Å². The molecule has 1 saturated heterocycles. The molecule has 0 radical (unpaired) electrons. The van der Waals surface area contributed by atoms with Crippen LogP contribution >= 0.6 is 12.2 Å². The number of benzene rings is 4. The molecule has 5 aromatic rings. The Labute approximate surface area is 250 Å². The highest BCUT2D eigenvalue weighted by molar-refractivity contribution is 7.82. The molecule has 0 atom stereocenters. The third-order valence-electron chi connectivity index (χ3n) is 6.35. The number of amidine groups is 1. The zero-order chi connectivity index (χ0) is 26.4. The van der Waals surface area contributed by atoms with Crippen LogP contribution < -0.4 is 31.3 Å². The Morgan fingerprint density at radius 3 is 1.73 bits per heavy atom. The molecule has 0 aliphatic carbocycles. The van der Waals surface area contributed by atoms with Crippen LogP contribution in [0.4, 0.5) is 22.9 Å². The molecular formula is C33H26BrN5S. The highest BCUT2D eigenvalue weighted by atomic mass is 79.9. The van der Waals surface area contributed by atoms with E-state index in [1.807, 2.05) is 113 Å². The molecule has 7 heteroatoms. The van der Waals surface area contributed by atoms with E-state index in [1.165, 1.54) is 5.56 Å². The summed E-state index contributed by atoms with van der Waals surface area (Å²) in [5.74, 6) is 2.12. The highest BCUT2D eigenvalue weighted by Gasteiger charge is 2.43. The number of guanidine groups is 1. The normalized spacial score (nSPS) is 14.9. The Morgan fingerprint density at radius 2 is 1.10 bits per heavy atom. The lowest BCUT2D eigenvalue weighted by atomic mass is 10.2. The maximum absolute atomic E-state index is 6.12. The Balaban J connectivity index is 0.00000323. The van der Waals surface area contributed by atoms with Crippen molar-refractivity contribution in [1.29, 1.82) is 0 Å². The van der Waals surface area contributed by atoms with Crippen LogP contribution in [0.5, 0.6) is 0 Å². The second kappa shape index (κ2) is 12.6. The maximum Gasteiger partial charge on any atom is 0.338 e. The first kappa shape index (κ1) is 27.1. The van der Waals surface area contributed by atoms with E-state index in [1.54, 1.807) is 0 Å². The van der Waals surface area contributed by atoms with Gasteiger partial charge in [-0.25, -0.2) is 19.4 Å². The average Bonchev–Trinajstić information content (AvgIpc) is 3.26. The van der Waals surface area contributed by atoms with Crippen LogP contribution in [0, 0.1) is 0 Å². The summed E-state index contributed by atoms with van der Waals surface area (Å²) in [5, 5.41) is 0. The van der Waals surface area contributed by atoms with Crippen LogP contribution in [0.15, 0.2) is 156 Å². The lowest BCUT2D eigenvalue weighted by Gasteiger charge is -2.18. The molecule has 0 N–H and O–H groups in total. The zero-order valence-corrected chi connectivity index (χ0v) is 24.0. The van der Waals surface area contributed by atoms with Gasteiger partial charge >= 0.3 is 11.8 Å². The second-order valence-electron chi connectivity index (χ2n) is 9.00. The van der Waals surface area contributed by atoms with E-state index in [0.29, 0.717) is 23.3 Å². The number of nitrogens with zero attached hydrogens (tertiary/aromatic N) is 5. The quantitative estimate of drug-likeness (QED) is 0.217. The van der Waals surface area contributed by atoms with E-state index < -0.39 is 0 Å². The van der Waals surface area contributed by atoms with Crippen molar-refractivity contribution in [2.75, 3.05) is 9.80 Å². The lowest BCUT2D eigenvalue weighted by Crippen LogP contribution is -3.00. The number of rotatable bonds is 6. The number of hydrogen-bond donors (Lipinski definition) is 0. The van der Waals surface area contributed by atoms with Crippen molar-refractivity contribution in [2.45, 2.75) is 6.54 Å². The standard InChI is InChI=1S/C33H26N5S.BrH/c39-32-31(34-27-17-7-2-8-18-27)37(28-19-9-3-10-20-28)33(38(32)29-21-11-4-12-22-29)35-30-23-13-14-24-36(30)25-26-15-5-1-6-16-26;/h1-24H,25H2;1H/q+1;/p-1. The summed E-state index contributed by atoms with van der Waals surface area (Å²) in [7, 11) is 0. The lowest BCUT2D eigenvalue weighted by molar-refractivity contribution is -0.675. The largest absolute Gasteiger partial charge is 1.00 e. The first-order chi connectivity index (χ1) is 19.3. The van der Waals surface area contributed by atoms with Crippen LogP contribution in [0.2, 0.25) is 0 Å². The summed E-state index contributed by atoms with van der Waals surface area (Å²) < 4.78 is 2.14. The van der Waals surface area contributed by atoms with Crippen LogP contribution in [0.25, 0.3) is 0 Å². The van der Waals surface area contributed by atoms with Crippen molar-refractivity contribution >= 4 is 51.9 Å². The van der Waals surface area contributed by atoms with Gasteiger partial charge in [-0.3, -0.25) is 0 Å². The molecule has 40 heavy (non-hydrogen) atoms. The van der Waals surface area contributed by atoms with E-state index in [9.17, 15) is 0 Å². The van der Waals surface area contributed by atoms with Crippen LogP contribution in [0.3, 0.4) is 0 Å². The Kier molecular flexibility index (Phi) is 8.54. The van der Waals surface area contributed by atoms with Gasteiger partial charge in [-0.1, -0.05) is 103 Å². The smallest absolute Gasteiger partial charge is 0.338 e. The molecular weight excluding hydrogens is 578 g/mol. The van der Waals surface area contributed by atoms with Crippen molar-refractivity contribution in [3.8, 4) is 0 Å². The molecule has 6 rings (SSSR count). The second-order valence-corrected chi connectivity index (χ2v) is 9.39. The third kappa shape index (κ3) is 5.76. The fourth-order valence-corrected chi connectivity index (χ4v) is 4.84. The summed E-state index contributed by atoms with van der Waals surface area (Å²) in [6, 6.07) is 46.6. The van der Waals surface area contributed by atoms with Crippen molar-refractivity contribution < 1.29 is 21.5 Å². The predicted octanol–water partition coefficient (Wildman–Crippen LogP) is 4.10. The van der Waals surface area contributed by atoms with Crippen molar-refractivity contribution in [2.24, 2.45) is 9.98 Å². The Morgan fingerprint density at radius 1 is 0.575 bits per heavy atom. The molecule has 2 heterocycles. The van der Waals surface area contributed by atoms with Crippen LogP contribution in [-0.4, -0.2) is 16.8 Å². The first-order valence-electron chi connectivity index (χ1n) is 12.8. The predicted molar refractivity (Wildman–Crippen MR) is 163 cm³/mol. The molecule has 4 aromatic carbocycles. The van der Waals surface area contributed by atoms with E-state index in [-0.39, 0.29) is 17.0 Å². The van der Waals surface area contributed by atoms with Gasteiger partial charge in [0.25, 0.3) is 0 Å². The fraction of sp³-hybridized carbons (Fsp3) is 0.0303. The van der Waals surface area contributed by atoms with E-state index in [0.717, 1.165) is 22.9 Å². The number of aliphatic imine (C=N–C) groups is 2. The van der Waals surface area contributed by atoms with Gasteiger partial charge < -0.3 is 17.0 Å². The van der Waals surface area contributed by atoms with E-state index in [4.69, 9.17) is 22.2 Å². The zero-order valence-electron chi connectivity index (χ0n) is 21.6. The Bertz CT molecular complexity index is 1640. The SMILES string of the molecule is S=C1C(=Nc2ccccc2)N(c2ccccc2)/C(=N/c2cccc[n+]2Cc2ccccc2)N1c1ccccc1.[Br-]. The van der Waals surface area contributed by atoms with Gasteiger partial charge in [0.15, 0.2) is 10.8 Å². The van der Waals surface area contributed by atoms with Gasteiger partial charge in [0, 0.05) is 6.07 Å². The number of anilines is 2. The molecule has 0 spiro atoms. The van der Waals surface area contributed by atoms with Crippen molar-refractivity contribution in [1.82, 2.24) is 0 Å². The van der Waals surface area contributed by atoms with Crippen LogP contribution in [-0.2, 0) is 6.54 Å². The minimum Gasteiger partial charge on any atom is -1.00 e. The Hall–Kier alpha value is -4.46. The number of aromatic nitrogens is 1. The minimum atomic E-state index is 0. The molecule has 1 aliphatic rings. The monoisotopic (exact) mass is 603 g/mol. The number of para-hydroxylation sites is 3. The molecule has 196 valence electrons. The maximum atomic E-state index is 6.12. The minimum absolute atomic E-state index is 0. The summed E-state index contributed by atoms with van der Waals surface area (Å²) in [4.78, 5) is 14.9.